The first-order valence-corrected chi connectivity index (χ1v) is 8.55. The minimum atomic E-state index is -4.85. The molecule has 0 bridgehead atoms. The van der Waals surface area contributed by atoms with Gasteiger partial charge >= 0.3 is 11.9 Å². The highest BCUT2D eigenvalue weighted by molar-refractivity contribution is 6.30. The molecule has 7 nitrogen and oxygen atoms in total. The molecular weight excluding hydrogens is 411 g/mol. The maximum atomic E-state index is 13.7. The highest BCUT2D eigenvalue weighted by Crippen LogP contribution is 2.34. The molecule has 29 heavy (non-hydrogen) atoms. The van der Waals surface area contributed by atoms with Gasteiger partial charge in [-0.2, -0.15) is 18.3 Å². The molecule has 1 amide bonds. The Balaban J connectivity index is 1.73. The molecule has 3 N–H and O–H groups in total. The van der Waals surface area contributed by atoms with Crippen molar-refractivity contribution in [1.29, 1.82) is 0 Å². The lowest BCUT2D eigenvalue weighted by atomic mass is 10.2. The number of carbonyl (C=O) groups excluding carboxylic acids is 1. The lowest BCUT2D eigenvalue weighted by molar-refractivity contribution is -0.143. The molecule has 0 aliphatic rings. The van der Waals surface area contributed by atoms with Gasteiger partial charge in [0.15, 0.2) is 5.69 Å². The molecule has 2 aromatic carbocycles. The number of amides is 1. The van der Waals surface area contributed by atoms with Crippen LogP contribution in [0.25, 0.3) is 16.7 Å². The number of hydrogen-bond acceptors (Lipinski definition) is 3. The lowest BCUT2D eigenvalue weighted by Crippen LogP contribution is -2.20. The second-order valence-corrected chi connectivity index (χ2v) is 6.53. The van der Waals surface area contributed by atoms with Crippen LogP contribution in [0.2, 0.25) is 5.02 Å². The summed E-state index contributed by atoms with van der Waals surface area (Å²) in [7, 11) is 0. The molecule has 4 aromatic rings. The third-order valence-corrected chi connectivity index (χ3v) is 4.34. The molecule has 0 saturated carbocycles. The summed E-state index contributed by atoms with van der Waals surface area (Å²) in [6, 6.07) is 10.1. The Kier molecular flexibility index (Phi) is 4.42. The quantitative estimate of drug-likeness (QED) is 0.467. The molecule has 0 unspecified atom stereocenters. The number of nitrogens with zero attached hydrogens (tertiary/aromatic N) is 2. The molecule has 11 heteroatoms. The van der Waals surface area contributed by atoms with Crippen molar-refractivity contribution in [3.63, 3.8) is 0 Å². The molecule has 0 fully saturated rings. The summed E-state index contributed by atoms with van der Waals surface area (Å²) in [6.45, 7) is 0. The lowest BCUT2D eigenvalue weighted by Gasteiger charge is -2.13. The highest BCUT2D eigenvalue weighted by Gasteiger charge is 2.40. The molecule has 4 rings (SSSR count). The number of imidazole rings is 1. The van der Waals surface area contributed by atoms with Gasteiger partial charge in [0.1, 0.15) is 0 Å². The molecule has 0 aliphatic carbocycles. The third kappa shape index (κ3) is 3.61. The van der Waals surface area contributed by atoms with Crippen LogP contribution in [0.4, 0.5) is 18.9 Å². The Hall–Kier alpha value is -3.53. The summed E-state index contributed by atoms with van der Waals surface area (Å²) < 4.78 is 41.8. The van der Waals surface area contributed by atoms with Crippen molar-refractivity contribution in [1.82, 2.24) is 19.7 Å². The predicted molar refractivity (Wildman–Crippen MR) is 100 cm³/mol. The van der Waals surface area contributed by atoms with Crippen molar-refractivity contribution in [2.24, 2.45) is 0 Å². The normalized spacial score (nSPS) is 11.7. The largest absolute Gasteiger partial charge is 0.434 e. The van der Waals surface area contributed by atoms with E-state index < -0.39 is 29.0 Å². The first kappa shape index (κ1) is 18.8. The monoisotopic (exact) mass is 421 g/mol. The van der Waals surface area contributed by atoms with Gasteiger partial charge in [-0.3, -0.25) is 4.79 Å². The van der Waals surface area contributed by atoms with Crippen molar-refractivity contribution in [2.45, 2.75) is 6.18 Å². The van der Waals surface area contributed by atoms with Crippen LogP contribution in [0.3, 0.4) is 0 Å². The number of H-pyrrole nitrogens is 2. The van der Waals surface area contributed by atoms with Crippen LogP contribution in [0.1, 0.15) is 16.1 Å². The number of aromatic nitrogens is 4. The van der Waals surface area contributed by atoms with E-state index in [1.807, 2.05) is 0 Å². The highest BCUT2D eigenvalue weighted by atomic mass is 35.5. The van der Waals surface area contributed by atoms with Gasteiger partial charge in [-0.25, -0.2) is 9.48 Å². The zero-order valence-corrected chi connectivity index (χ0v) is 15.1. The van der Waals surface area contributed by atoms with Crippen LogP contribution in [0.5, 0.6) is 0 Å². The number of fused-ring (bicyclic) bond motifs is 1. The Morgan fingerprint density at radius 1 is 1.10 bits per heavy atom. The van der Waals surface area contributed by atoms with E-state index in [1.165, 1.54) is 42.5 Å². The van der Waals surface area contributed by atoms with E-state index in [4.69, 9.17) is 11.6 Å². The van der Waals surface area contributed by atoms with Crippen LogP contribution in [-0.4, -0.2) is 25.7 Å². The summed E-state index contributed by atoms with van der Waals surface area (Å²) >= 11 is 5.86. The minimum Gasteiger partial charge on any atom is -0.322 e. The number of nitrogens with one attached hydrogen (secondary N) is 3. The molecule has 2 aromatic heterocycles. The minimum absolute atomic E-state index is 0.0650. The second kappa shape index (κ2) is 6.82. The number of anilines is 1. The Morgan fingerprint density at radius 3 is 2.59 bits per heavy atom. The standard InChI is InChI=1S/C18H11ClF3N5O2/c19-9-2-1-3-11(6-9)27-15(18(20,21)22)12(8-23-27)16(28)24-10-4-5-13-14(7-10)26-17(29)25-13/h1-8H,(H,24,28)(H2,25,26,29). The molecule has 0 spiro atoms. The van der Waals surface area contributed by atoms with E-state index >= 15 is 0 Å². The number of benzene rings is 2. The number of halogens is 4. The van der Waals surface area contributed by atoms with Crippen molar-refractivity contribution in [3.8, 4) is 5.69 Å². The predicted octanol–water partition coefficient (Wildman–Crippen LogP) is 3.97. The van der Waals surface area contributed by atoms with Gasteiger partial charge in [-0.1, -0.05) is 17.7 Å². The number of carbonyl (C=O) groups is 1. The van der Waals surface area contributed by atoms with Crippen molar-refractivity contribution in [2.75, 3.05) is 5.32 Å². The maximum absolute atomic E-state index is 13.7. The first-order chi connectivity index (χ1) is 13.7. The first-order valence-electron chi connectivity index (χ1n) is 8.17. The summed E-state index contributed by atoms with van der Waals surface area (Å²) in [6.07, 6.45) is -4.00. The van der Waals surface area contributed by atoms with E-state index in [1.54, 1.807) is 0 Å². The Labute approximate surface area is 165 Å². The van der Waals surface area contributed by atoms with Crippen LogP contribution >= 0.6 is 11.6 Å². The van der Waals surface area contributed by atoms with E-state index in [0.717, 1.165) is 6.20 Å². The van der Waals surface area contributed by atoms with Gasteiger partial charge in [-0.05, 0) is 36.4 Å². The summed E-state index contributed by atoms with van der Waals surface area (Å²) in [5.41, 5.74) is -1.15. The Bertz CT molecular complexity index is 1290. The maximum Gasteiger partial charge on any atom is 0.434 e. The number of alkyl halides is 3. The fourth-order valence-electron chi connectivity index (χ4n) is 2.90. The molecule has 2 heterocycles. The number of aromatic amines is 2. The second-order valence-electron chi connectivity index (χ2n) is 6.09. The zero-order chi connectivity index (χ0) is 20.8. The third-order valence-electron chi connectivity index (χ3n) is 4.11. The average Bonchev–Trinajstić information content (AvgIpc) is 3.24. The number of rotatable bonds is 3. The van der Waals surface area contributed by atoms with Crippen molar-refractivity contribution >= 4 is 34.2 Å². The Morgan fingerprint density at radius 2 is 1.86 bits per heavy atom. The van der Waals surface area contributed by atoms with Gasteiger partial charge in [-0.15, -0.1) is 0 Å². The van der Waals surface area contributed by atoms with Gasteiger partial charge in [0.05, 0.1) is 28.5 Å². The fourth-order valence-corrected chi connectivity index (χ4v) is 3.08. The van der Waals surface area contributed by atoms with Crippen LogP contribution in [0, 0.1) is 0 Å². The molecular formula is C18H11ClF3N5O2. The van der Waals surface area contributed by atoms with Crippen LogP contribution in [0.15, 0.2) is 53.5 Å². The van der Waals surface area contributed by atoms with E-state index in [-0.39, 0.29) is 16.4 Å². The van der Waals surface area contributed by atoms with Gasteiger partial charge in [0.2, 0.25) is 0 Å². The van der Waals surface area contributed by atoms with Gasteiger partial charge < -0.3 is 15.3 Å². The van der Waals surface area contributed by atoms with Crippen LogP contribution in [-0.2, 0) is 6.18 Å². The SMILES string of the molecule is O=C(Nc1ccc2[nH]c(=O)[nH]c2c1)c1cnn(-c2cccc(Cl)c2)c1C(F)(F)F. The van der Waals surface area contributed by atoms with Crippen LogP contribution < -0.4 is 11.0 Å². The van der Waals surface area contributed by atoms with E-state index in [9.17, 15) is 22.8 Å². The van der Waals surface area contributed by atoms with Gasteiger partial charge in [0.25, 0.3) is 5.91 Å². The molecule has 148 valence electrons. The summed E-state index contributed by atoms with van der Waals surface area (Å²) in [5.74, 6) is -0.997. The topological polar surface area (TPSA) is 95.6 Å². The molecule has 0 saturated heterocycles. The average molecular weight is 422 g/mol. The van der Waals surface area contributed by atoms with Crippen molar-refractivity contribution < 1.29 is 18.0 Å². The summed E-state index contributed by atoms with van der Waals surface area (Å²) in [4.78, 5) is 28.9. The van der Waals surface area contributed by atoms with Gasteiger partial charge in [0, 0.05) is 10.7 Å². The molecule has 0 aliphatic heterocycles. The summed E-state index contributed by atoms with van der Waals surface area (Å²) in [5, 5.41) is 6.36. The molecule has 0 atom stereocenters. The number of hydrogen-bond donors (Lipinski definition) is 3. The smallest absolute Gasteiger partial charge is 0.322 e. The van der Waals surface area contributed by atoms with E-state index in [2.05, 4.69) is 20.4 Å². The fraction of sp³-hybridized carbons (Fsp3) is 0.0556. The molecule has 0 radical (unpaired) electrons. The van der Waals surface area contributed by atoms with Crippen molar-refractivity contribution in [3.05, 3.63) is 75.4 Å². The van der Waals surface area contributed by atoms with E-state index in [0.29, 0.717) is 15.7 Å². The zero-order valence-electron chi connectivity index (χ0n) is 14.3.